The number of esters is 1. The van der Waals surface area contributed by atoms with Gasteiger partial charge in [0.05, 0.1) is 12.2 Å². The average molecular weight is 364 g/mol. The SMILES string of the molecule is CCOC(=O)c1cc(-c2cc(Br)cc(C(F)(F)F)c2)on1. The molecule has 0 aliphatic rings. The maximum absolute atomic E-state index is 12.8. The summed E-state index contributed by atoms with van der Waals surface area (Å²) < 4.78 is 48.1. The molecule has 1 aromatic carbocycles. The fourth-order valence-corrected chi connectivity index (χ4v) is 2.10. The number of aromatic nitrogens is 1. The van der Waals surface area contributed by atoms with Gasteiger partial charge < -0.3 is 9.26 Å². The minimum atomic E-state index is -4.48. The summed E-state index contributed by atoms with van der Waals surface area (Å²) in [4.78, 5) is 11.4. The number of rotatable bonds is 3. The van der Waals surface area contributed by atoms with Crippen molar-refractivity contribution >= 4 is 21.9 Å². The number of hydrogen-bond donors (Lipinski definition) is 0. The highest BCUT2D eigenvalue weighted by Crippen LogP contribution is 2.35. The Morgan fingerprint density at radius 3 is 2.67 bits per heavy atom. The molecule has 0 atom stereocenters. The van der Waals surface area contributed by atoms with Gasteiger partial charge in [0.15, 0.2) is 11.5 Å². The van der Waals surface area contributed by atoms with Gasteiger partial charge in [-0.2, -0.15) is 13.2 Å². The van der Waals surface area contributed by atoms with E-state index in [4.69, 9.17) is 9.26 Å². The molecule has 1 aromatic heterocycles. The molecule has 2 aromatic rings. The quantitative estimate of drug-likeness (QED) is 0.763. The number of nitrogens with zero attached hydrogens (tertiary/aromatic N) is 1. The van der Waals surface area contributed by atoms with Crippen LogP contribution in [0.2, 0.25) is 0 Å². The molecule has 0 saturated heterocycles. The van der Waals surface area contributed by atoms with E-state index in [1.165, 1.54) is 12.1 Å². The lowest BCUT2D eigenvalue weighted by molar-refractivity contribution is -0.137. The van der Waals surface area contributed by atoms with Crippen molar-refractivity contribution < 1.29 is 27.2 Å². The van der Waals surface area contributed by atoms with Crippen LogP contribution in [0.25, 0.3) is 11.3 Å². The Kier molecular flexibility index (Phi) is 4.36. The predicted octanol–water partition coefficient (Wildman–Crippen LogP) is 4.30. The second-order valence-electron chi connectivity index (χ2n) is 4.02. The Hall–Kier alpha value is -1.83. The van der Waals surface area contributed by atoms with Gasteiger partial charge in [-0.15, -0.1) is 0 Å². The van der Waals surface area contributed by atoms with Crippen LogP contribution in [0.3, 0.4) is 0 Å². The maximum atomic E-state index is 12.8. The minimum Gasteiger partial charge on any atom is -0.461 e. The molecule has 4 nitrogen and oxygen atoms in total. The molecule has 8 heteroatoms. The lowest BCUT2D eigenvalue weighted by atomic mass is 10.1. The van der Waals surface area contributed by atoms with Gasteiger partial charge >= 0.3 is 12.1 Å². The van der Waals surface area contributed by atoms with Crippen molar-refractivity contribution in [2.75, 3.05) is 6.61 Å². The van der Waals surface area contributed by atoms with E-state index in [9.17, 15) is 18.0 Å². The second-order valence-corrected chi connectivity index (χ2v) is 4.94. The van der Waals surface area contributed by atoms with Gasteiger partial charge in [0.1, 0.15) is 0 Å². The summed E-state index contributed by atoms with van der Waals surface area (Å²) in [5, 5.41) is 3.49. The third-order valence-electron chi connectivity index (χ3n) is 2.50. The summed E-state index contributed by atoms with van der Waals surface area (Å²) in [6.45, 7) is 1.79. The predicted molar refractivity (Wildman–Crippen MR) is 70.6 cm³/mol. The summed E-state index contributed by atoms with van der Waals surface area (Å²) in [6.07, 6.45) is -4.48. The van der Waals surface area contributed by atoms with Crippen molar-refractivity contribution in [3.8, 4) is 11.3 Å². The zero-order valence-electron chi connectivity index (χ0n) is 10.7. The first-order valence-corrected chi connectivity index (χ1v) is 6.62. The fraction of sp³-hybridized carbons (Fsp3) is 0.231. The van der Waals surface area contributed by atoms with Gasteiger partial charge in [-0.25, -0.2) is 4.79 Å². The zero-order valence-corrected chi connectivity index (χ0v) is 12.3. The number of carbonyl (C=O) groups excluding carboxylic acids is 1. The van der Waals surface area contributed by atoms with Crippen molar-refractivity contribution in [2.24, 2.45) is 0 Å². The van der Waals surface area contributed by atoms with Crippen molar-refractivity contribution in [3.63, 3.8) is 0 Å². The van der Waals surface area contributed by atoms with Crippen LogP contribution < -0.4 is 0 Å². The summed E-state index contributed by atoms with van der Waals surface area (Å²) >= 11 is 3.01. The number of halogens is 4. The minimum absolute atomic E-state index is 0.0462. The number of ether oxygens (including phenoxy) is 1. The van der Waals surface area contributed by atoms with Gasteiger partial charge in [-0.3, -0.25) is 0 Å². The molecule has 0 amide bonds. The Labute approximate surface area is 126 Å². The van der Waals surface area contributed by atoms with Crippen LogP contribution in [0.4, 0.5) is 13.2 Å². The molecule has 0 radical (unpaired) electrons. The standard InChI is InChI=1S/C13H9BrF3NO3/c1-2-20-12(19)10-6-11(21-18-10)7-3-8(13(15,16)17)5-9(14)4-7/h3-6H,2H2,1H3. The summed E-state index contributed by atoms with van der Waals surface area (Å²) in [5.41, 5.74) is -0.777. The number of hydrogen-bond acceptors (Lipinski definition) is 4. The first kappa shape index (κ1) is 15.6. The van der Waals surface area contributed by atoms with Crippen LogP contribution in [0, 0.1) is 0 Å². The van der Waals surface area contributed by atoms with Gasteiger partial charge in [0.25, 0.3) is 0 Å². The number of carbonyl (C=O) groups is 1. The van der Waals surface area contributed by atoms with Crippen LogP contribution in [0.15, 0.2) is 33.3 Å². The topological polar surface area (TPSA) is 52.3 Å². The molecule has 0 unspecified atom stereocenters. The van der Waals surface area contributed by atoms with Crippen LogP contribution in [-0.4, -0.2) is 17.7 Å². The van der Waals surface area contributed by atoms with Crippen LogP contribution >= 0.6 is 15.9 Å². The van der Waals surface area contributed by atoms with Crippen molar-refractivity contribution in [2.45, 2.75) is 13.1 Å². The summed E-state index contributed by atoms with van der Waals surface area (Å²) in [7, 11) is 0. The molecule has 0 aliphatic carbocycles. The van der Waals surface area contributed by atoms with E-state index in [0.29, 0.717) is 0 Å². The Balaban J connectivity index is 2.39. The van der Waals surface area contributed by atoms with E-state index in [-0.39, 0.29) is 28.1 Å². The molecule has 0 N–H and O–H groups in total. The van der Waals surface area contributed by atoms with Gasteiger partial charge in [-0.05, 0) is 25.1 Å². The maximum Gasteiger partial charge on any atom is 0.416 e. The van der Waals surface area contributed by atoms with Crippen LogP contribution in [-0.2, 0) is 10.9 Å². The summed E-state index contributed by atoms with van der Waals surface area (Å²) in [5.74, 6) is -0.650. The summed E-state index contributed by atoms with van der Waals surface area (Å²) in [6, 6.07) is 4.54. The Bertz CT molecular complexity index is 667. The largest absolute Gasteiger partial charge is 0.461 e. The lowest BCUT2D eigenvalue weighted by Gasteiger charge is -2.08. The molecule has 0 bridgehead atoms. The molecule has 112 valence electrons. The van der Waals surface area contributed by atoms with Crippen LogP contribution in [0.5, 0.6) is 0 Å². The highest BCUT2D eigenvalue weighted by atomic mass is 79.9. The molecule has 0 aliphatic heterocycles. The monoisotopic (exact) mass is 363 g/mol. The van der Waals surface area contributed by atoms with E-state index >= 15 is 0 Å². The highest BCUT2D eigenvalue weighted by Gasteiger charge is 2.31. The smallest absolute Gasteiger partial charge is 0.416 e. The van der Waals surface area contributed by atoms with E-state index in [1.54, 1.807) is 6.92 Å². The average Bonchev–Trinajstić information content (AvgIpc) is 2.87. The normalized spacial score (nSPS) is 11.5. The highest BCUT2D eigenvalue weighted by molar-refractivity contribution is 9.10. The number of alkyl halides is 3. The molecule has 0 spiro atoms. The van der Waals surface area contributed by atoms with E-state index in [0.717, 1.165) is 12.1 Å². The number of benzene rings is 1. The molecule has 1 heterocycles. The molecule has 0 fully saturated rings. The Morgan fingerprint density at radius 2 is 2.05 bits per heavy atom. The molecular weight excluding hydrogens is 355 g/mol. The fourth-order valence-electron chi connectivity index (χ4n) is 1.61. The van der Waals surface area contributed by atoms with Crippen LogP contribution in [0.1, 0.15) is 23.0 Å². The third kappa shape index (κ3) is 3.63. The first-order chi connectivity index (χ1) is 9.81. The zero-order chi connectivity index (χ0) is 15.6. The lowest BCUT2D eigenvalue weighted by Crippen LogP contribution is -2.05. The van der Waals surface area contributed by atoms with E-state index in [2.05, 4.69) is 21.1 Å². The van der Waals surface area contributed by atoms with Crippen molar-refractivity contribution in [1.82, 2.24) is 5.16 Å². The first-order valence-electron chi connectivity index (χ1n) is 5.83. The Morgan fingerprint density at radius 1 is 1.33 bits per heavy atom. The molecule has 21 heavy (non-hydrogen) atoms. The molecule has 2 rings (SSSR count). The van der Waals surface area contributed by atoms with E-state index < -0.39 is 17.7 Å². The van der Waals surface area contributed by atoms with E-state index in [1.807, 2.05) is 0 Å². The van der Waals surface area contributed by atoms with Crippen molar-refractivity contribution in [1.29, 1.82) is 0 Å². The molecule has 0 saturated carbocycles. The second kappa shape index (κ2) is 5.88. The van der Waals surface area contributed by atoms with Gasteiger partial charge in [0.2, 0.25) is 0 Å². The van der Waals surface area contributed by atoms with Gasteiger partial charge in [-0.1, -0.05) is 21.1 Å². The van der Waals surface area contributed by atoms with Gasteiger partial charge in [0, 0.05) is 16.1 Å². The van der Waals surface area contributed by atoms with Crippen molar-refractivity contribution in [3.05, 3.63) is 40.0 Å². The molecular formula is C13H9BrF3NO3. The third-order valence-corrected chi connectivity index (χ3v) is 2.96.